The van der Waals surface area contributed by atoms with Crippen LogP contribution in [0.5, 0.6) is 0 Å². The van der Waals surface area contributed by atoms with Crippen molar-refractivity contribution in [2.45, 2.75) is 26.3 Å². The summed E-state index contributed by atoms with van der Waals surface area (Å²) in [6, 6.07) is 5.97. The Morgan fingerprint density at radius 2 is 1.83 bits per heavy atom. The van der Waals surface area contributed by atoms with E-state index in [1.165, 1.54) is 25.6 Å². The third kappa shape index (κ3) is 4.04. The smallest absolute Gasteiger partial charge is 0.162 e. The minimum absolute atomic E-state index is 0.240. The third-order valence-corrected chi connectivity index (χ3v) is 7.89. The lowest BCUT2D eigenvalue weighted by Gasteiger charge is -2.45. The summed E-state index contributed by atoms with van der Waals surface area (Å²) in [6.07, 6.45) is 8.80. The first-order valence-electron chi connectivity index (χ1n) is 12.5. The van der Waals surface area contributed by atoms with Gasteiger partial charge in [0, 0.05) is 68.5 Å². The number of hydrogen-bond donors (Lipinski definition) is 0. The van der Waals surface area contributed by atoms with Gasteiger partial charge in [-0.1, -0.05) is 6.92 Å². The molecule has 0 spiro atoms. The van der Waals surface area contributed by atoms with Crippen LogP contribution in [-0.4, -0.2) is 81.7 Å². The van der Waals surface area contributed by atoms with Crippen LogP contribution < -0.4 is 4.90 Å². The van der Waals surface area contributed by atoms with Crippen LogP contribution in [0.15, 0.2) is 43.0 Å². The van der Waals surface area contributed by atoms with Gasteiger partial charge in [-0.2, -0.15) is 5.10 Å². The van der Waals surface area contributed by atoms with Crippen molar-refractivity contribution in [3.05, 3.63) is 54.4 Å². The van der Waals surface area contributed by atoms with Crippen molar-refractivity contribution >= 4 is 22.2 Å². The summed E-state index contributed by atoms with van der Waals surface area (Å²) in [6.45, 7) is 10.9. The van der Waals surface area contributed by atoms with E-state index in [-0.39, 0.29) is 5.82 Å². The van der Waals surface area contributed by atoms with Gasteiger partial charge in [-0.3, -0.25) is 9.88 Å². The van der Waals surface area contributed by atoms with E-state index in [4.69, 9.17) is 4.98 Å². The van der Waals surface area contributed by atoms with Crippen LogP contribution in [0.3, 0.4) is 0 Å². The first-order valence-corrected chi connectivity index (χ1v) is 12.5. The molecule has 0 N–H and O–H groups in total. The highest BCUT2D eigenvalue weighted by atomic mass is 19.1. The number of aromatic nitrogens is 4. The molecule has 2 fully saturated rings. The SMILES string of the molecule is Cc1cc2c(-c3cnn4cc(N5CCC(N6CCN(C)CC6)C(C)C5)cnc34)ccnc2cc1F. The normalized spacial score (nSPS) is 22.3. The Bertz CT molecular complexity index is 1370. The van der Waals surface area contributed by atoms with Gasteiger partial charge >= 0.3 is 0 Å². The molecule has 2 atom stereocenters. The maximum atomic E-state index is 14.1. The largest absolute Gasteiger partial charge is 0.369 e. The number of anilines is 1. The number of fused-ring (bicyclic) bond motifs is 2. The van der Waals surface area contributed by atoms with Crippen LogP contribution in [0, 0.1) is 18.7 Å². The van der Waals surface area contributed by atoms with Gasteiger partial charge in [0.25, 0.3) is 0 Å². The van der Waals surface area contributed by atoms with Crippen LogP contribution in [0.25, 0.3) is 27.7 Å². The van der Waals surface area contributed by atoms with Crippen molar-refractivity contribution in [1.82, 2.24) is 29.4 Å². The van der Waals surface area contributed by atoms with E-state index in [0.29, 0.717) is 23.0 Å². The molecule has 8 heteroatoms. The summed E-state index contributed by atoms with van der Waals surface area (Å²) in [5, 5.41) is 5.54. The molecule has 2 aliphatic rings. The summed E-state index contributed by atoms with van der Waals surface area (Å²) in [4.78, 5) is 16.7. The lowest BCUT2D eigenvalue weighted by molar-refractivity contribution is 0.0738. The Morgan fingerprint density at radius 1 is 1.00 bits per heavy atom. The van der Waals surface area contributed by atoms with Crippen LogP contribution in [0.2, 0.25) is 0 Å². The molecule has 1 aromatic carbocycles. The fourth-order valence-electron chi connectivity index (χ4n) is 5.79. The van der Waals surface area contributed by atoms with Crippen molar-refractivity contribution in [3.63, 3.8) is 0 Å². The highest BCUT2D eigenvalue weighted by Crippen LogP contribution is 2.32. The van der Waals surface area contributed by atoms with Crippen molar-refractivity contribution in [1.29, 1.82) is 0 Å². The van der Waals surface area contributed by atoms with Crippen LogP contribution in [0.4, 0.5) is 10.1 Å². The number of nitrogens with zero attached hydrogens (tertiary/aromatic N) is 7. The first kappa shape index (κ1) is 22.4. The van der Waals surface area contributed by atoms with Crippen molar-refractivity contribution < 1.29 is 4.39 Å². The quantitative estimate of drug-likeness (QED) is 0.451. The monoisotopic (exact) mass is 473 g/mol. The van der Waals surface area contributed by atoms with E-state index in [9.17, 15) is 4.39 Å². The Balaban J connectivity index is 1.26. The van der Waals surface area contributed by atoms with E-state index >= 15 is 0 Å². The van der Waals surface area contributed by atoms with Gasteiger partial charge in [0.15, 0.2) is 5.65 Å². The molecule has 0 bridgehead atoms. The third-order valence-electron chi connectivity index (χ3n) is 7.89. The second-order valence-electron chi connectivity index (χ2n) is 10.2. The van der Waals surface area contributed by atoms with Crippen molar-refractivity contribution in [3.8, 4) is 11.1 Å². The number of benzene rings is 1. The van der Waals surface area contributed by atoms with Gasteiger partial charge in [-0.15, -0.1) is 0 Å². The van der Waals surface area contributed by atoms with E-state index in [0.717, 1.165) is 54.0 Å². The van der Waals surface area contributed by atoms with Crippen LogP contribution >= 0.6 is 0 Å². The maximum absolute atomic E-state index is 14.1. The van der Waals surface area contributed by atoms with Crippen LogP contribution in [0.1, 0.15) is 18.9 Å². The molecular weight excluding hydrogens is 441 g/mol. The van der Waals surface area contributed by atoms with E-state index in [2.05, 4.69) is 45.0 Å². The minimum atomic E-state index is -0.240. The summed E-state index contributed by atoms with van der Waals surface area (Å²) in [7, 11) is 2.21. The van der Waals surface area contributed by atoms with Crippen LogP contribution in [-0.2, 0) is 0 Å². The van der Waals surface area contributed by atoms with E-state index < -0.39 is 0 Å². The number of halogens is 1. The molecule has 6 rings (SSSR count). The molecule has 2 saturated heterocycles. The molecule has 0 saturated carbocycles. The van der Waals surface area contributed by atoms with Gasteiger partial charge in [0.2, 0.25) is 0 Å². The second-order valence-corrected chi connectivity index (χ2v) is 10.2. The molecule has 2 unspecified atom stereocenters. The minimum Gasteiger partial charge on any atom is -0.369 e. The number of rotatable bonds is 3. The van der Waals surface area contributed by atoms with Gasteiger partial charge < -0.3 is 9.80 Å². The predicted molar refractivity (Wildman–Crippen MR) is 137 cm³/mol. The van der Waals surface area contributed by atoms with Gasteiger partial charge in [-0.05, 0) is 49.6 Å². The molecule has 0 radical (unpaired) electrons. The number of hydrogen-bond acceptors (Lipinski definition) is 6. The summed E-state index contributed by atoms with van der Waals surface area (Å²) in [5.41, 5.74) is 5.04. The summed E-state index contributed by atoms with van der Waals surface area (Å²) < 4.78 is 16.0. The Labute approximate surface area is 205 Å². The number of piperidine rings is 1. The topological polar surface area (TPSA) is 52.8 Å². The zero-order valence-electron chi connectivity index (χ0n) is 20.7. The van der Waals surface area contributed by atoms with E-state index in [1.807, 2.05) is 29.0 Å². The fourth-order valence-corrected chi connectivity index (χ4v) is 5.79. The number of likely N-dealkylation sites (N-methyl/N-ethyl adjacent to an activating group) is 1. The molecule has 35 heavy (non-hydrogen) atoms. The zero-order valence-corrected chi connectivity index (χ0v) is 20.7. The average molecular weight is 474 g/mol. The predicted octanol–water partition coefficient (Wildman–Crippen LogP) is 3.85. The Kier molecular flexibility index (Phi) is 5.65. The number of piperazine rings is 1. The first-order chi connectivity index (χ1) is 17.0. The van der Waals surface area contributed by atoms with Gasteiger partial charge in [-0.25, -0.2) is 13.9 Å². The van der Waals surface area contributed by atoms with Gasteiger partial charge in [0.1, 0.15) is 5.82 Å². The lowest BCUT2D eigenvalue weighted by Crippen LogP contribution is -2.55. The molecule has 0 amide bonds. The molecule has 0 aliphatic carbocycles. The molecule has 5 heterocycles. The molecule has 182 valence electrons. The molecule has 7 nitrogen and oxygen atoms in total. The standard InChI is InChI=1S/C27H32FN7/c1-18-12-22-21(4-6-29-25(22)13-24(18)28)23-15-31-35-17-20(14-30-27(23)35)34-7-5-26(19(2)16-34)33-10-8-32(3)9-11-33/h4,6,12-15,17,19,26H,5,7-11,16H2,1-3H3. The summed E-state index contributed by atoms with van der Waals surface area (Å²) in [5.74, 6) is 0.359. The van der Waals surface area contributed by atoms with E-state index in [1.54, 1.807) is 13.1 Å². The molecular formula is C27H32FN7. The highest BCUT2D eigenvalue weighted by Gasteiger charge is 2.32. The number of pyridine rings is 1. The zero-order chi connectivity index (χ0) is 24.1. The van der Waals surface area contributed by atoms with Crippen molar-refractivity contribution in [2.75, 3.05) is 51.2 Å². The summed E-state index contributed by atoms with van der Waals surface area (Å²) >= 11 is 0. The molecule has 3 aromatic heterocycles. The number of aryl methyl sites for hydroxylation is 1. The maximum Gasteiger partial charge on any atom is 0.162 e. The molecule has 4 aromatic rings. The highest BCUT2D eigenvalue weighted by molar-refractivity contribution is 5.98. The molecule has 2 aliphatic heterocycles. The second kappa shape index (κ2) is 8.84. The van der Waals surface area contributed by atoms with Gasteiger partial charge in [0.05, 0.1) is 29.8 Å². The Morgan fingerprint density at radius 3 is 2.63 bits per heavy atom. The Hall–Kier alpha value is -3.10. The van der Waals surface area contributed by atoms with Crippen molar-refractivity contribution in [2.24, 2.45) is 5.92 Å². The fraction of sp³-hybridized carbons (Fsp3) is 0.444. The lowest BCUT2D eigenvalue weighted by atomic mass is 9.91. The average Bonchev–Trinajstić information content (AvgIpc) is 3.28.